The van der Waals surface area contributed by atoms with Crippen LogP contribution in [0.15, 0.2) is 74.1 Å². The molecule has 0 bridgehead atoms. The number of hydrogen-bond acceptors (Lipinski definition) is 8. The Morgan fingerprint density at radius 3 is 2.46 bits per heavy atom. The molecule has 37 heavy (non-hydrogen) atoms. The van der Waals surface area contributed by atoms with Gasteiger partial charge in [-0.1, -0.05) is 49.0 Å². The highest BCUT2D eigenvalue weighted by Gasteiger charge is 2.14. The van der Waals surface area contributed by atoms with E-state index in [0.29, 0.717) is 39.6 Å². The zero-order valence-electron chi connectivity index (χ0n) is 20.9. The molecule has 0 aliphatic heterocycles. The molecule has 8 nitrogen and oxygen atoms in total. The van der Waals surface area contributed by atoms with Crippen LogP contribution in [-0.2, 0) is 0 Å². The van der Waals surface area contributed by atoms with Gasteiger partial charge in [0.05, 0.1) is 30.4 Å². The lowest BCUT2D eigenvalue weighted by Crippen LogP contribution is -2.06. The van der Waals surface area contributed by atoms with Crippen LogP contribution in [0.3, 0.4) is 0 Å². The lowest BCUT2D eigenvalue weighted by atomic mass is 9.98. The summed E-state index contributed by atoms with van der Waals surface area (Å²) in [5.74, 6) is 1.38. The van der Waals surface area contributed by atoms with E-state index in [1.165, 1.54) is 6.20 Å². The van der Waals surface area contributed by atoms with Gasteiger partial charge in [0.15, 0.2) is 5.82 Å². The summed E-state index contributed by atoms with van der Waals surface area (Å²) in [6, 6.07) is 15.8. The van der Waals surface area contributed by atoms with Gasteiger partial charge in [-0.2, -0.15) is 4.98 Å². The van der Waals surface area contributed by atoms with E-state index in [2.05, 4.69) is 56.2 Å². The first kappa shape index (κ1) is 25.5. The zero-order valence-corrected chi connectivity index (χ0v) is 21.6. The van der Waals surface area contributed by atoms with Gasteiger partial charge in [-0.25, -0.2) is 4.98 Å². The van der Waals surface area contributed by atoms with Crippen molar-refractivity contribution in [3.05, 3.63) is 95.9 Å². The van der Waals surface area contributed by atoms with Crippen LogP contribution in [-0.4, -0.2) is 29.1 Å². The number of rotatable bonds is 9. The van der Waals surface area contributed by atoms with E-state index >= 15 is 0 Å². The molecule has 188 valence electrons. The highest BCUT2D eigenvalue weighted by Crippen LogP contribution is 2.36. The van der Waals surface area contributed by atoms with Gasteiger partial charge >= 0.3 is 0 Å². The van der Waals surface area contributed by atoms with Crippen LogP contribution >= 0.6 is 11.6 Å². The van der Waals surface area contributed by atoms with E-state index < -0.39 is 0 Å². The molecule has 0 saturated carbocycles. The molecule has 0 aliphatic rings. The van der Waals surface area contributed by atoms with E-state index in [-0.39, 0.29) is 0 Å². The van der Waals surface area contributed by atoms with Crippen LogP contribution in [0.2, 0.25) is 5.02 Å². The Labute approximate surface area is 221 Å². The number of ether oxygens (including phenoxy) is 1. The SMILES string of the molecule is C=C(NC)c1ccc(-c2cc(OC)c(Nc3ncc(Cl)c(Nc4cccnc4C(=C)N)n3)cc2C)cc1. The number of nitrogens with two attached hydrogens (primary N) is 1. The number of aromatic nitrogens is 3. The predicted octanol–water partition coefficient (Wildman–Crippen LogP) is 6.12. The Balaban J connectivity index is 1.63. The highest BCUT2D eigenvalue weighted by atomic mass is 35.5. The molecule has 0 saturated heterocycles. The third kappa shape index (κ3) is 5.65. The number of halogens is 1. The maximum atomic E-state index is 6.37. The summed E-state index contributed by atoms with van der Waals surface area (Å²) in [5, 5.41) is 9.82. The predicted molar refractivity (Wildman–Crippen MR) is 152 cm³/mol. The van der Waals surface area contributed by atoms with Crippen molar-refractivity contribution < 1.29 is 4.74 Å². The fourth-order valence-electron chi connectivity index (χ4n) is 3.79. The monoisotopic (exact) mass is 513 g/mol. The molecule has 0 aliphatic carbocycles. The average Bonchev–Trinajstić information content (AvgIpc) is 2.90. The summed E-state index contributed by atoms with van der Waals surface area (Å²) in [4.78, 5) is 13.1. The molecule has 0 unspecified atom stereocenters. The Hall–Kier alpha value is -4.56. The number of nitrogens with zero attached hydrogens (tertiary/aromatic N) is 3. The van der Waals surface area contributed by atoms with Gasteiger partial charge < -0.3 is 26.4 Å². The van der Waals surface area contributed by atoms with Gasteiger partial charge in [0.2, 0.25) is 5.95 Å². The minimum atomic E-state index is 0.327. The summed E-state index contributed by atoms with van der Waals surface area (Å²) in [5.41, 5.74) is 13.1. The molecule has 0 spiro atoms. The van der Waals surface area contributed by atoms with Crippen molar-refractivity contribution >= 4 is 46.1 Å². The molecule has 4 aromatic rings. The Kier molecular flexibility index (Phi) is 7.60. The van der Waals surface area contributed by atoms with Crippen LogP contribution < -0.4 is 26.4 Å². The lowest BCUT2D eigenvalue weighted by Gasteiger charge is -2.16. The Morgan fingerprint density at radius 1 is 1.03 bits per heavy atom. The first-order valence-corrected chi connectivity index (χ1v) is 11.8. The summed E-state index contributed by atoms with van der Waals surface area (Å²) < 4.78 is 5.69. The van der Waals surface area contributed by atoms with Gasteiger partial charge in [0, 0.05) is 18.9 Å². The maximum absolute atomic E-state index is 6.37. The van der Waals surface area contributed by atoms with Crippen LogP contribution in [0.25, 0.3) is 22.5 Å². The minimum absolute atomic E-state index is 0.327. The van der Waals surface area contributed by atoms with Gasteiger partial charge in [-0.05, 0) is 53.4 Å². The van der Waals surface area contributed by atoms with E-state index in [1.807, 2.05) is 44.3 Å². The minimum Gasteiger partial charge on any atom is -0.495 e. The third-order valence-electron chi connectivity index (χ3n) is 5.75. The number of pyridine rings is 1. The second kappa shape index (κ2) is 11.0. The molecule has 9 heteroatoms. The first-order chi connectivity index (χ1) is 17.8. The number of hydrogen-bond donors (Lipinski definition) is 4. The summed E-state index contributed by atoms with van der Waals surface area (Å²) in [6.07, 6.45) is 3.15. The molecule has 0 amide bonds. The Morgan fingerprint density at radius 2 is 1.78 bits per heavy atom. The summed E-state index contributed by atoms with van der Waals surface area (Å²) in [7, 11) is 3.48. The van der Waals surface area contributed by atoms with Crippen molar-refractivity contribution in [3.63, 3.8) is 0 Å². The largest absolute Gasteiger partial charge is 0.495 e. The number of aryl methyl sites for hydroxylation is 1. The van der Waals surface area contributed by atoms with Crippen molar-refractivity contribution in [3.8, 4) is 16.9 Å². The van der Waals surface area contributed by atoms with Crippen molar-refractivity contribution in [2.24, 2.45) is 5.73 Å². The smallest absolute Gasteiger partial charge is 0.229 e. The lowest BCUT2D eigenvalue weighted by molar-refractivity contribution is 0.417. The van der Waals surface area contributed by atoms with E-state index in [4.69, 9.17) is 22.1 Å². The topological polar surface area (TPSA) is 110 Å². The molecular formula is C28H28ClN7O. The van der Waals surface area contributed by atoms with Gasteiger partial charge in [-0.15, -0.1) is 0 Å². The summed E-state index contributed by atoms with van der Waals surface area (Å²) in [6.45, 7) is 9.83. The molecule has 4 rings (SSSR count). The molecule has 2 aromatic heterocycles. The van der Waals surface area contributed by atoms with Crippen molar-refractivity contribution in [1.29, 1.82) is 0 Å². The standard InChI is InChI=1S/C28H28ClN7O/c1-16-13-24(25(37-5)14-21(16)20-10-8-19(9-11-20)18(3)31-4)35-28-33-15-22(29)27(36-28)34-23-7-6-12-32-26(23)17(2)30/h6-15,31H,2-3,30H2,1,4-5H3,(H2,33,34,35,36). The number of benzene rings is 2. The van der Waals surface area contributed by atoms with Crippen LogP contribution in [0, 0.1) is 6.92 Å². The normalized spacial score (nSPS) is 10.5. The second-order valence-corrected chi connectivity index (χ2v) is 8.65. The van der Waals surface area contributed by atoms with E-state index in [9.17, 15) is 0 Å². The van der Waals surface area contributed by atoms with Gasteiger partial charge in [0.1, 0.15) is 16.5 Å². The summed E-state index contributed by atoms with van der Waals surface area (Å²) >= 11 is 6.37. The van der Waals surface area contributed by atoms with Crippen molar-refractivity contribution in [1.82, 2.24) is 20.3 Å². The second-order valence-electron chi connectivity index (χ2n) is 8.24. The first-order valence-electron chi connectivity index (χ1n) is 11.4. The van der Waals surface area contributed by atoms with E-state index in [1.54, 1.807) is 19.4 Å². The molecule has 0 fully saturated rings. The fraction of sp³-hybridized carbons (Fsp3) is 0.107. The van der Waals surface area contributed by atoms with Crippen molar-refractivity contribution in [2.45, 2.75) is 6.92 Å². The van der Waals surface area contributed by atoms with Crippen LogP contribution in [0.4, 0.5) is 23.1 Å². The molecule has 2 aromatic carbocycles. The zero-order chi connectivity index (χ0) is 26.5. The molecule has 5 N–H and O–H groups in total. The highest BCUT2D eigenvalue weighted by molar-refractivity contribution is 6.33. The quantitative estimate of drug-likeness (QED) is 0.212. The molecule has 2 heterocycles. The Bertz CT molecular complexity index is 1470. The van der Waals surface area contributed by atoms with Crippen LogP contribution in [0.5, 0.6) is 5.75 Å². The maximum Gasteiger partial charge on any atom is 0.229 e. The van der Waals surface area contributed by atoms with Gasteiger partial charge in [0.25, 0.3) is 0 Å². The fourth-order valence-corrected chi connectivity index (χ4v) is 3.92. The van der Waals surface area contributed by atoms with E-state index in [0.717, 1.165) is 33.6 Å². The molecular weight excluding hydrogens is 486 g/mol. The van der Waals surface area contributed by atoms with Crippen LogP contribution in [0.1, 0.15) is 16.8 Å². The molecule has 0 atom stereocenters. The number of methoxy groups -OCH3 is 1. The molecule has 0 radical (unpaired) electrons. The number of nitrogens with one attached hydrogen (secondary N) is 3. The third-order valence-corrected chi connectivity index (χ3v) is 6.02. The number of anilines is 4. The average molecular weight is 514 g/mol. The van der Waals surface area contributed by atoms with Crippen molar-refractivity contribution in [2.75, 3.05) is 24.8 Å². The van der Waals surface area contributed by atoms with Gasteiger partial charge in [-0.3, -0.25) is 4.98 Å².